The van der Waals surface area contributed by atoms with Crippen LogP contribution in [0.25, 0.3) is 0 Å². The molecule has 1 N–H and O–H groups in total. The molecule has 0 spiro atoms. The lowest BCUT2D eigenvalue weighted by Crippen LogP contribution is -1.97. The van der Waals surface area contributed by atoms with Crippen LogP contribution in [-0.2, 0) is 0 Å². The van der Waals surface area contributed by atoms with Gasteiger partial charge in [-0.1, -0.05) is 18.2 Å². The van der Waals surface area contributed by atoms with Gasteiger partial charge < -0.3 is 9.84 Å². The zero-order chi connectivity index (χ0) is 9.26. The van der Waals surface area contributed by atoms with Crippen LogP contribution in [-0.4, -0.2) is 11.7 Å². The Morgan fingerprint density at radius 1 is 1.46 bits per heavy atom. The molecule has 0 unspecified atom stereocenters. The number of para-hydroxylation sites is 1. The fourth-order valence-corrected chi connectivity index (χ4v) is 1.74. The molecule has 2 rings (SSSR count). The maximum absolute atomic E-state index is 9.79. The second-order valence-corrected chi connectivity index (χ2v) is 3.50. The van der Waals surface area contributed by atoms with Gasteiger partial charge in [0, 0.05) is 5.56 Å². The zero-order valence-corrected chi connectivity index (χ0v) is 7.79. The molecule has 70 valence electrons. The van der Waals surface area contributed by atoms with E-state index in [9.17, 15) is 5.11 Å². The Kier molecular flexibility index (Phi) is 2.23. The Bertz CT molecular complexity index is 307. The van der Waals surface area contributed by atoms with Gasteiger partial charge in [-0.3, -0.25) is 0 Å². The summed E-state index contributed by atoms with van der Waals surface area (Å²) in [6.45, 7) is 2.73. The van der Waals surface area contributed by atoms with Gasteiger partial charge in [-0.15, -0.1) is 0 Å². The van der Waals surface area contributed by atoms with Crippen molar-refractivity contribution >= 4 is 0 Å². The first kappa shape index (κ1) is 8.57. The number of fused-ring (bicyclic) bond motifs is 1. The molecular formula is C11H14O2. The van der Waals surface area contributed by atoms with Crippen molar-refractivity contribution in [3.63, 3.8) is 0 Å². The molecule has 1 aliphatic heterocycles. The lowest BCUT2D eigenvalue weighted by Gasteiger charge is -2.12. The predicted molar refractivity (Wildman–Crippen MR) is 50.9 cm³/mol. The van der Waals surface area contributed by atoms with Gasteiger partial charge in [-0.2, -0.15) is 0 Å². The lowest BCUT2D eigenvalue weighted by atomic mass is 10.0. The van der Waals surface area contributed by atoms with Crippen LogP contribution in [0.5, 0.6) is 5.75 Å². The molecule has 2 nitrogen and oxygen atoms in total. The van der Waals surface area contributed by atoms with E-state index in [0.717, 1.165) is 36.3 Å². The smallest absolute Gasteiger partial charge is 0.127 e. The van der Waals surface area contributed by atoms with Crippen LogP contribution in [0.15, 0.2) is 18.2 Å². The highest BCUT2D eigenvalue weighted by molar-refractivity contribution is 5.42. The van der Waals surface area contributed by atoms with Gasteiger partial charge in [0.25, 0.3) is 0 Å². The minimum atomic E-state index is -0.350. The van der Waals surface area contributed by atoms with E-state index in [1.807, 2.05) is 25.1 Å². The molecule has 0 radical (unpaired) electrons. The Morgan fingerprint density at radius 3 is 3.15 bits per heavy atom. The van der Waals surface area contributed by atoms with Crippen molar-refractivity contribution in [1.82, 2.24) is 0 Å². The van der Waals surface area contributed by atoms with Gasteiger partial charge in [0.2, 0.25) is 0 Å². The number of hydrogen-bond acceptors (Lipinski definition) is 2. The van der Waals surface area contributed by atoms with Crippen LogP contribution in [0.3, 0.4) is 0 Å². The van der Waals surface area contributed by atoms with Crippen molar-refractivity contribution in [3.8, 4) is 5.75 Å². The maximum atomic E-state index is 9.79. The van der Waals surface area contributed by atoms with Crippen LogP contribution in [0.2, 0.25) is 0 Å². The molecule has 1 atom stereocenters. The third-order valence-corrected chi connectivity index (χ3v) is 2.47. The minimum Gasteiger partial charge on any atom is -0.493 e. The topological polar surface area (TPSA) is 29.5 Å². The standard InChI is InChI=1S/C11H14O2/c1-8-4-2-5-9-10(12)6-3-7-13-11(8)9/h2,4-5,10,12H,3,6-7H2,1H3/t10-/m1/s1. The van der Waals surface area contributed by atoms with Crippen LogP contribution < -0.4 is 4.74 Å². The van der Waals surface area contributed by atoms with Crippen molar-refractivity contribution in [1.29, 1.82) is 0 Å². The van der Waals surface area contributed by atoms with E-state index in [-0.39, 0.29) is 6.10 Å². The summed E-state index contributed by atoms with van der Waals surface area (Å²) in [5, 5.41) is 9.79. The largest absolute Gasteiger partial charge is 0.493 e. The first-order valence-corrected chi connectivity index (χ1v) is 4.69. The summed E-state index contributed by atoms with van der Waals surface area (Å²) in [7, 11) is 0. The molecule has 0 amide bonds. The van der Waals surface area contributed by atoms with Crippen LogP contribution in [0, 0.1) is 6.92 Å². The summed E-state index contributed by atoms with van der Waals surface area (Å²) in [6.07, 6.45) is 1.38. The van der Waals surface area contributed by atoms with Gasteiger partial charge in [0.1, 0.15) is 5.75 Å². The van der Waals surface area contributed by atoms with Crippen molar-refractivity contribution in [2.45, 2.75) is 25.9 Å². The van der Waals surface area contributed by atoms with Gasteiger partial charge >= 0.3 is 0 Å². The molecule has 1 aliphatic rings. The molecule has 2 heteroatoms. The number of aliphatic hydroxyl groups excluding tert-OH is 1. The molecule has 0 fully saturated rings. The first-order chi connectivity index (χ1) is 6.29. The van der Waals surface area contributed by atoms with E-state index in [2.05, 4.69) is 0 Å². The number of aryl methyl sites for hydroxylation is 1. The molecule has 0 aliphatic carbocycles. The molecule has 0 aromatic heterocycles. The SMILES string of the molecule is Cc1cccc2c1OCCC[C@H]2O. The number of benzene rings is 1. The molecule has 1 aromatic rings. The normalized spacial score (nSPS) is 21.5. The van der Waals surface area contributed by atoms with Crippen molar-refractivity contribution in [2.75, 3.05) is 6.61 Å². The van der Waals surface area contributed by atoms with E-state index in [1.54, 1.807) is 0 Å². The Morgan fingerprint density at radius 2 is 2.31 bits per heavy atom. The molecular weight excluding hydrogens is 164 g/mol. The highest BCUT2D eigenvalue weighted by atomic mass is 16.5. The molecule has 0 saturated heterocycles. The van der Waals surface area contributed by atoms with Crippen molar-refractivity contribution in [2.24, 2.45) is 0 Å². The van der Waals surface area contributed by atoms with Crippen LogP contribution in [0.1, 0.15) is 30.1 Å². The van der Waals surface area contributed by atoms with E-state index in [1.165, 1.54) is 0 Å². The van der Waals surface area contributed by atoms with E-state index >= 15 is 0 Å². The molecule has 0 saturated carbocycles. The van der Waals surface area contributed by atoms with E-state index in [4.69, 9.17) is 4.74 Å². The minimum absolute atomic E-state index is 0.350. The second kappa shape index (κ2) is 3.38. The number of ether oxygens (including phenoxy) is 1. The fraction of sp³-hybridized carbons (Fsp3) is 0.455. The van der Waals surface area contributed by atoms with Crippen LogP contribution in [0.4, 0.5) is 0 Å². The highest BCUT2D eigenvalue weighted by Gasteiger charge is 2.17. The molecule has 13 heavy (non-hydrogen) atoms. The Labute approximate surface area is 78.2 Å². The average Bonchev–Trinajstić information content (AvgIpc) is 2.30. The predicted octanol–water partition coefficient (Wildman–Crippen LogP) is 2.20. The summed E-state index contributed by atoms with van der Waals surface area (Å²) in [5.41, 5.74) is 2.05. The molecule has 0 bridgehead atoms. The summed E-state index contributed by atoms with van der Waals surface area (Å²) in [4.78, 5) is 0. The summed E-state index contributed by atoms with van der Waals surface area (Å²) < 4.78 is 5.59. The quantitative estimate of drug-likeness (QED) is 0.660. The summed E-state index contributed by atoms with van der Waals surface area (Å²) >= 11 is 0. The Hall–Kier alpha value is -1.02. The first-order valence-electron chi connectivity index (χ1n) is 4.69. The van der Waals surface area contributed by atoms with Gasteiger partial charge in [0.15, 0.2) is 0 Å². The number of aliphatic hydroxyl groups is 1. The highest BCUT2D eigenvalue weighted by Crippen LogP contribution is 2.33. The molecule has 1 heterocycles. The summed E-state index contributed by atoms with van der Waals surface area (Å²) in [5.74, 6) is 0.882. The van der Waals surface area contributed by atoms with E-state index in [0.29, 0.717) is 0 Å². The Balaban J connectivity index is 2.47. The monoisotopic (exact) mass is 178 g/mol. The molecule has 1 aromatic carbocycles. The third-order valence-electron chi connectivity index (χ3n) is 2.47. The fourth-order valence-electron chi connectivity index (χ4n) is 1.74. The lowest BCUT2D eigenvalue weighted by molar-refractivity contribution is 0.167. The number of hydrogen-bond donors (Lipinski definition) is 1. The second-order valence-electron chi connectivity index (χ2n) is 3.50. The average molecular weight is 178 g/mol. The summed E-state index contributed by atoms with van der Waals surface area (Å²) in [6, 6.07) is 5.92. The maximum Gasteiger partial charge on any atom is 0.127 e. The van der Waals surface area contributed by atoms with Crippen molar-refractivity contribution in [3.05, 3.63) is 29.3 Å². The van der Waals surface area contributed by atoms with Gasteiger partial charge in [0.05, 0.1) is 12.7 Å². The zero-order valence-electron chi connectivity index (χ0n) is 7.79. The van der Waals surface area contributed by atoms with Gasteiger partial charge in [-0.05, 0) is 25.3 Å². The third kappa shape index (κ3) is 1.54. The van der Waals surface area contributed by atoms with E-state index < -0.39 is 0 Å². The van der Waals surface area contributed by atoms with Crippen molar-refractivity contribution < 1.29 is 9.84 Å². The number of rotatable bonds is 0. The van der Waals surface area contributed by atoms with Crippen LogP contribution >= 0.6 is 0 Å². The van der Waals surface area contributed by atoms with Gasteiger partial charge in [-0.25, -0.2) is 0 Å².